The van der Waals surface area contributed by atoms with Gasteiger partial charge in [0.15, 0.2) is 0 Å². The van der Waals surface area contributed by atoms with Crippen LogP contribution < -0.4 is 5.32 Å². The Balaban J connectivity index is 2.08. The number of rotatable bonds is 5. The molecule has 0 aliphatic carbocycles. The zero-order chi connectivity index (χ0) is 16.1. The number of anilines is 1. The lowest BCUT2D eigenvalue weighted by molar-refractivity contribution is -0.115. The number of amides is 1. The number of carbonyl (C=O) groups is 1. The minimum absolute atomic E-state index is 0.105. The normalized spacial score (nSPS) is 12.0. The molecule has 0 unspecified atom stereocenters. The number of hydrogen-bond acceptors (Lipinski definition) is 2. The maximum atomic E-state index is 12.4. The first-order valence-electron chi connectivity index (χ1n) is 6.68. The third-order valence-electron chi connectivity index (χ3n) is 2.96. The van der Waals surface area contributed by atoms with E-state index in [0.29, 0.717) is 27.2 Å². The molecule has 0 aliphatic rings. The first-order valence-corrected chi connectivity index (χ1v) is 8.69. The van der Waals surface area contributed by atoms with Crippen LogP contribution in [0.1, 0.15) is 13.3 Å². The third-order valence-corrected chi connectivity index (χ3v) is 5.41. The average molecular weight is 375 g/mol. The van der Waals surface area contributed by atoms with Crippen molar-refractivity contribution in [2.24, 2.45) is 0 Å². The van der Waals surface area contributed by atoms with Crippen LogP contribution in [0.2, 0.25) is 15.1 Å². The highest BCUT2D eigenvalue weighted by molar-refractivity contribution is 8.00. The molecule has 1 atom stereocenters. The summed E-state index contributed by atoms with van der Waals surface area (Å²) in [7, 11) is 0. The molecule has 0 aliphatic heterocycles. The molecule has 2 aromatic carbocycles. The summed E-state index contributed by atoms with van der Waals surface area (Å²) in [6, 6.07) is 12.6. The van der Waals surface area contributed by atoms with Crippen LogP contribution in [0.4, 0.5) is 5.69 Å². The van der Waals surface area contributed by atoms with Crippen LogP contribution in [0.5, 0.6) is 0 Å². The Morgan fingerprint density at radius 2 is 1.82 bits per heavy atom. The molecule has 0 fully saturated rings. The van der Waals surface area contributed by atoms with E-state index in [4.69, 9.17) is 34.8 Å². The highest BCUT2D eigenvalue weighted by Crippen LogP contribution is 2.31. The highest BCUT2D eigenvalue weighted by atomic mass is 35.5. The van der Waals surface area contributed by atoms with E-state index >= 15 is 0 Å². The van der Waals surface area contributed by atoms with Crippen LogP contribution in [0.15, 0.2) is 47.4 Å². The van der Waals surface area contributed by atoms with E-state index in [1.54, 1.807) is 18.2 Å². The van der Waals surface area contributed by atoms with Crippen molar-refractivity contribution in [1.82, 2.24) is 0 Å². The van der Waals surface area contributed by atoms with Gasteiger partial charge in [0.25, 0.3) is 0 Å². The molecule has 1 N–H and O–H groups in total. The van der Waals surface area contributed by atoms with Crippen LogP contribution in [0.3, 0.4) is 0 Å². The van der Waals surface area contributed by atoms with Crippen molar-refractivity contribution in [2.75, 3.05) is 5.32 Å². The lowest BCUT2D eigenvalue weighted by Crippen LogP contribution is -2.24. The number of benzene rings is 2. The van der Waals surface area contributed by atoms with Crippen LogP contribution in [0.25, 0.3) is 0 Å². The summed E-state index contributed by atoms with van der Waals surface area (Å²) >= 11 is 19.4. The molecule has 0 bridgehead atoms. The van der Waals surface area contributed by atoms with Crippen molar-refractivity contribution < 1.29 is 4.79 Å². The highest BCUT2D eigenvalue weighted by Gasteiger charge is 2.19. The van der Waals surface area contributed by atoms with Gasteiger partial charge in [-0.3, -0.25) is 4.79 Å². The summed E-state index contributed by atoms with van der Waals surface area (Å²) in [6.45, 7) is 1.97. The molecule has 0 saturated heterocycles. The maximum absolute atomic E-state index is 12.4. The van der Waals surface area contributed by atoms with E-state index in [-0.39, 0.29) is 11.2 Å². The Bertz CT molecular complexity index is 661. The summed E-state index contributed by atoms with van der Waals surface area (Å²) in [5.41, 5.74) is 0.523. The summed E-state index contributed by atoms with van der Waals surface area (Å²) in [4.78, 5) is 13.4. The molecule has 116 valence electrons. The van der Waals surface area contributed by atoms with E-state index in [1.807, 2.05) is 31.2 Å². The molecule has 0 spiro atoms. The van der Waals surface area contributed by atoms with Crippen LogP contribution in [-0.4, -0.2) is 11.2 Å². The second-order valence-electron chi connectivity index (χ2n) is 4.56. The van der Waals surface area contributed by atoms with Crippen molar-refractivity contribution in [1.29, 1.82) is 0 Å². The fourth-order valence-corrected chi connectivity index (χ4v) is 3.24. The number of halogens is 3. The SMILES string of the molecule is CC[C@@H](Sc1ccc(Cl)cc1)C(=O)Nc1cccc(Cl)c1Cl. The summed E-state index contributed by atoms with van der Waals surface area (Å²) in [5, 5.41) is 4.04. The van der Waals surface area contributed by atoms with Gasteiger partial charge >= 0.3 is 0 Å². The van der Waals surface area contributed by atoms with E-state index in [0.717, 1.165) is 4.90 Å². The number of carbonyl (C=O) groups excluding carboxylic acids is 1. The molecule has 0 heterocycles. The largest absolute Gasteiger partial charge is 0.324 e. The van der Waals surface area contributed by atoms with Crippen molar-refractivity contribution in [3.8, 4) is 0 Å². The molecule has 2 nitrogen and oxygen atoms in total. The molecule has 6 heteroatoms. The summed E-state index contributed by atoms with van der Waals surface area (Å²) < 4.78 is 0. The molecule has 2 aromatic rings. The van der Waals surface area contributed by atoms with E-state index in [2.05, 4.69) is 5.32 Å². The number of hydrogen-bond donors (Lipinski definition) is 1. The molecular weight excluding hydrogens is 361 g/mol. The predicted octanol–water partition coefficient (Wildman–Crippen LogP) is 6.16. The van der Waals surface area contributed by atoms with Gasteiger partial charge in [0, 0.05) is 9.92 Å². The fraction of sp³-hybridized carbons (Fsp3) is 0.188. The monoisotopic (exact) mass is 373 g/mol. The van der Waals surface area contributed by atoms with Gasteiger partial charge in [0.05, 0.1) is 21.0 Å². The Kier molecular flexibility index (Phi) is 6.45. The Morgan fingerprint density at radius 3 is 2.45 bits per heavy atom. The molecule has 22 heavy (non-hydrogen) atoms. The van der Waals surface area contributed by atoms with Gasteiger partial charge in [-0.25, -0.2) is 0 Å². The fourth-order valence-electron chi connectivity index (χ4n) is 1.81. The molecular formula is C16H14Cl3NOS. The quantitative estimate of drug-likeness (QED) is 0.635. The van der Waals surface area contributed by atoms with Gasteiger partial charge in [-0.1, -0.05) is 47.8 Å². The first-order chi connectivity index (χ1) is 10.5. The first kappa shape index (κ1) is 17.5. The summed E-state index contributed by atoms with van der Waals surface area (Å²) in [5.74, 6) is -0.105. The zero-order valence-electron chi connectivity index (χ0n) is 11.8. The lowest BCUT2D eigenvalue weighted by Gasteiger charge is -2.15. The Morgan fingerprint density at radius 1 is 1.14 bits per heavy atom. The van der Waals surface area contributed by atoms with Gasteiger partial charge in [-0.15, -0.1) is 11.8 Å². The van der Waals surface area contributed by atoms with Crippen LogP contribution in [0, 0.1) is 0 Å². The second kappa shape index (κ2) is 8.11. The van der Waals surface area contributed by atoms with Crippen molar-refractivity contribution >= 4 is 58.2 Å². The predicted molar refractivity (Wildman–Crippen MR) is 96.5 cm³/mol. The minimum atomic E-state index is -0.226. The van der Waals surface area contributed by atoms with Crippen molar-refractivity contribution in [2.45, 2.75) is 23.5 Å². The zero-order valence-corrected chi connectivity index (χ0v) is 14.9. The van der Waals surface area contributed by atoms with E-state index in [1.165, 1.54) is 11.8 Å². The van der Waals surface area contributed by atoms with Gasteiger partial charge in [-0.05, 0) is 42.8 Å². The smallest absolute Gasteiger partial charge is 0.237 e. The standard InChI is InChI=1S/C16H14Cl3NOS/c1-2-14(22-11-8-6-10(17)7-9-11)16(21)20-13-5-3-4-12(18)15(13)19/h3-9,14H,2H2,1H3,(H,20,21)/t14-/m1/s1. The minimum Gasteiger partial charge on any atom is -0.324 e. The van der Waals surface area contributed by atoms with Crippen LogP contribution >= 0.6 is 46.6 Å². The lowest BCUT2D eigenvalue weighted by atomic mass is 10.2. The van der Waals surface area contributed by atoms with E-state index < -0.39 is 0 Å². The summed E-state index contributed by atoms with van der Waals surface area (Å²) in [6.07, 6.45) is 0.692. The van der Waals surface area contributed by atoms with Crippen LogP contribution in [-0.2, 0) is 4.79 Å². The second-order valence-corrected chi connectivity index (χ2v) is 7.06. The van der Waals surface area contributed by atoms with Gasteiger partial charge in [0.1, 0.15) is 0 Å². The Hall–Kier alpha value is -0.870. The molecule has 2 rings (SSSR count). The number of thioether (sulfide) groups is 1. The van der Waals surface area contributed by atoms with E-state index in [9.17, 15) is 4.79 Å². The topological polar surface area (TPSA) is 29.1 Å². The Labute approximate surface area is 149 Å². The third kappa shape index (κ3) is 4.56. The molecule has 0 aromatic heterocycles. The van der Waals surface area contributed by atoms with Gasteiger partial charge in [-0.2, -0.15) is 0 Å². The average Bonchev–Trinajstić information content (AvgIpc) is 2.51. The van der Waals surface area contributed by atoms with Crippen molar-refractivity contribution in [3.05, 3.63) is 57.5 Å². The number of nitrogens with one attached hydrogen (secondary N) is 1. The van der Waals surface area contributed by atoms with Gasteiger partial charge < -0.3 is 5.32 Å². The molecule has 1 amide bonds. The van der Waals surface area contributed by atoms with Gasteiger partial charge in [0.2, 0.25) is 5.91 Å². The molecule has 0 radical (unpaired) electrons. The maximum Gasteiger partial charge on any atom is 0.237 e. The molecule has 0 saturated carbocycles. The van der Waals surface area contributed by atoms with Crippen molar-refractivity contribution in [3.63, 3.8) is 0 Å².